The standard InChI is InChI=1S/C16H15ClN2OS2/c1-2-3-4-10-5-6-12-13(9-10)22-16(18-12)19-15(20)14-11(17)7-8-21-14/h5-9H,2-4H2,1H3,(H,18,19,20). The van der Waals surface area contributed by atoms with Gasteiger partial charge in [0, 0.05) is 0 Å². The molecule has 22 heavy (non-hydrogen) atoms. The number of carbonyl (C=O) groups excluding carboxylic acids is 1. The molecule has 3 rings (SSSR count). The van der Waals surface area contributed by atoms with Gasteiger partial charge in [-0.05, 0) is 42.0 Å². The highest BCUT2D eigenvalue weighted by molar-refractivity contribution is 7.22. The largest absolute Gasteiger partial charge is 0.297 e. The zero-order valence-electron chi connectivity index (χ0n) is 12.1. The highest BCUT2D eigenvalue weighted by Crippen LogP contribution is 2.29. The number of amides is 1. The van der Waals surface area contributed by atoms with Crippen LogP contribution < -0.4 is 5.32 Å². The Morgan fingerprint density at radius 1 is 1.36 bits per heavy atom. The van der Waals surface area contributed by atoms with Gasteiger partial charge in [0.1, 0.15) is 4.88 Å². The van der Waals surface area contributed by atoms with Crippen molar-refractivity contribution in [2.75, 3.05) is 5.32 Å². The number of halogens is 1. The first kappa shape index (κ1) is 15.5. The van der Waals surface area contributed by atoms with Crippen molar-refractivity contribution in [2.24, 2.45) is 0 Å². The molecule has 114 valence electrons. The van der Waals surface area contributed by atoms with Gasteiger partial charge < -0.3 is 0 Å². The summed E-state index contributed by atoms with van der Waals surface area (Å²) in [4.78, 5) is 17.1. The van der Waals surface area contributed by atoms with Gasteiger partial charge in [-0.15, -0.1) is 11.3 Å². The molecule has 2 heterocycles. The van der Waals surface area contributed by atoms with E-state index in [1.54, 1.807) is 11.4 Å². The molecule has 0 atom stereocenters. The Morgan fingerprint density at radius 3 is 2.95 bits per heavy atom. The molecule has 0 fully saturated rings. The molecule has 0 aliphatic carbocycles. The van der Waals surface area contributed by atoms with Crippen molar-refractivity contribution in [3.8, 4) is 0 Å². The Bertz CT molecular complexity index is 809. The minimum Gasteiger partial charge on any atom is -0.297 e. The quantitative estimate of drug-likeness (QED) is 0.650. The van der Waals surface area contributed by atoms with Gasteiger partial charge in [0.05, 0.1) is 15.2 Å². The van der Waals surface area contributed by atoms with Crippen LogP contribution in [0.5, 0.6) is 0 Å². The number of unbranched alkanes of at least 4 members (excludes halogenated alkanes) is 1. The highest BCUT2D eigenvalue weighted by Gasteiger charge is 2.14. The molecule has 0 spiro atoms. The number of hydrogen-bond acceptors (Lipinski definition) is 4. The molecule has 1 amide bonds. The van der Waals surface area contributed by atoms with Crippen molar-refractivity contribution < 1.29 is 4.79 Å². The third-order valence-corrected chi connectivity index (χ3v) is 5.59. The summed E-state index contributed by atoms with van der Waals surface area (Å²) in [5.41, 5.74) is 2.23. The van der Waals surface area contributed by atoms with Crippen molar-refractivity contribution in [3.63, 3.8) is 0 Å². The molecule has 1 aromatic carbocycles. The first-order valence-corrected chi connectivity index (χ1v) is 9.18. The van der Waals surface area contributed by atoms with Gasteiger partial charge in [-0.2, -0.15) is 0 Å². The first-order valence-electron chi connectivity index (χ1n) is 7.11. The molecule has 3 aromatic rings. The molecule has 0 bridgehead atoms. The van der Waals surface area contributed by atoms with E-state index in [1.165, 1.54) is 41.1 Å². The number of thiophene rings is 1. The van der Waals surface area contributed by atoms with Crippen LogP contribution in [0.3, 0.4) is 0 Å². The van der Waals surface area contributed by atoms with Crippen molar-refractivity contribution >= 4 is 55.5 Å². The van der Waals surface area contributed by atoms with E-state index in [9.17, 15) is 4.79 Å². The van der Waals surface area contributed by atoms with Crippen molar-refractivity contribution in [1.29, 1.82) is 0 Å². The van der Waals surface area contributed by atoms with Crippen molar-refractivity contribution in [3.05, 3.63) is 45.1 Å². The summed E-state index contributed by atoms with van der Waals surface area (Å²) in [6.45, 7) is 2.19. The van der Waals surface area contributed by atoms with E-state index in [2.05, 4.69) is 29.4 Å². The second-order valence-corrected chi connectivity index (χ2v) is 7.33. The van der Waals surface area contributed by atoms with Gasteiger partial charge in [0.15, 0.2) is 5.13 Å². The first-order chi connectivity index (χ1) is 10.7. The molecule has 0 saturated heterocycles. The monoisotopic (exact) mass is 350 g/mol. The van der Waals surface area contributed by atoms with Crippen LogP contribution in [0.25, 0.3) is 10.2 Å². The molecule has 0 aliphatic heterocycles. The van der Waals surface area contributed by atoms with E-state index in [-0.39, 0.29) is 5.91 Å². The fourth-order valence-electron chi connectivity index (χ4n) is 2.17. The van der Waals surface area contributed by atoms with Gasteiger partial charge in [-0.25, -0.2) is 4.98 Å². The second-order valence-electron chi connectivity index (χ2n) is 4.98. The Hall–Kier alpha value is -1.43. The minimum atomic E-state index is -0.203. The zero-order chi connectivity index (χ0) is 15.5. The number of thiazole rings is 1. The molecule has 1 N–H and O–H groups in total. The normalized spacial score (nSPS) is 11.0. The average Bonchev–Trinajstić information content (AvgIpc) is 3.09. The lowest BCUT2D eigenvalue weighted by Gasteiger charge is -1.98. The molecule has 0 aliphatic rings. The van der Waals surface area contributed by atoms with E-state index in [0.717, 1.165) is 16.6 Å². The van der Waals surface area contributed by atoms with Gasteiger partial charge in [-0.1, -0.05) is 42.3 Å². The molecule has 2 aromatic heterocycles. The number of rotatable bonds is 5. The summed E-state index contributed by atoms with van der Waals surface area (Å²) in [6, 6.07) is 8.01. The van der Waals surface area contributed by atoms with E-state index < -0.39 is 0 Å². The van der Waals surface area contributed by atoms with Crippen LogP contribution in [0.15, 0.2) is 29.6 Å². The number of nitrogens with zero attached hydrogens (tertiary/aromatic N) is 1. The van der Waals surface area contributed by atoms with Crippen LogP contribution in [-0.4, -0.2) is 10.9 Å². The lowest BCUT2D eigenvalue weighted by Crippen LogP contribution is -2.10. The van der Waals surface area contributed by atoms with E-state index in [0.29, 0.717) is 15.0 Å². The lowest BCUT2D eigenvalue weighted by atomic mass is 10.1. The Kier molecular flexibility index (Phi) is 4.76. The SMILES string of the molecule is CCCCc1ccc2nc(NC(=O)c3sccc3Cl)sc2c1. The fraction of sp³-hybridized carbons (Fsp3) is 0.250. The molecule has 0 saturated carbocycles. The fourth-order valence-corrected chi connectivity index (χ4v) is 4.13. The third-order valence-electron chi connectivity index (χ3n) is 3.32. The van der Waals surface area contributed by atoms with Gasteiger partial charge >= 0.3 is 0 Å². The smallest absolute Gasteiger partial charge is 0.269 e. The van der Waals surface area contributed by atoms with Crippen LogP contribution in [0.2, 0.25) is 5.02 Å². The number of benzene rings is 1. The molecule has 0 unspecified atom stereocenters. The minimum absolute atomic E-state index is 0.203. The van der Waals surface area contributed by atoms with Crippen molar-refractivity contribution in [1.82, 2.24) is 4.98 Å². The molecule has 6 heteroatoms. The maximum atomic E-state index is 12.2. The van der Waals surface area contributed by atoms with E-state index >= 15 is 0 Å². The number of fused-ring (bicyclic) bond motifs is 1. The Morgan fingerprint density at radius 2 is 2.23 bits per heavy atom. The molecular weight excluding hydrogens is 336 g/mol. The van der Waals surface area contributed by atoms with Gasteiger partial charge in [0.25, 0.3) is 5.91 Å². The van der Waals surface area contributed by atoms with E-state index in [4.69, 9.17) is 11.6 Å². The zero-order valence-corrected chi connectivity index (χ0v) is 14.4. The maximum absolute atomic E-state index is 12.2. The summed E-state index contributed by atoms with van der Waals surface area (Å²) in [5, 5.41) is 5.72. The molecule has 3 nitrogen and oxygen atoms in total. The van der Waals surface area contributed by atoms with Gasteiger partial charge in [0.2, 0.25) is 0 Å². The number of aromatic nitrogens is 1. The van der Waals surface area contributed by atoms with Crippen LogP contribution in [0.1, 0.15) is 35.0 Å². The predicted molar refractivity (Wildman–Crippen MR) is 95.5 cm³/mol. The summed E-state index contributed by atoms with van der Waals surface area (Å²) in [7, 11) is 0. The van der Waals surface area contributed by atoms with Gasteiger partial charge in [-0.3, -0.25) is 10.1 Å². The van der Waals surface area contributed by atoms with Crippen LogP contribution >= 0.6 is 34.3 Å². The van der Waals surface area contributed by atoms with Crippen LogP contribution in [0.4, 0.5) is 5.13 Å². The maximum Gasteiger partial charge on any atom is 0.269 e. The highest BCUT2D eigenvalue weighted by atomic mass is 35.5. The average molecular weight is 351 g/mol. The lowest BCUT2D eigenvalue weighted by molar-refractivity contribution is 0.103. The van der Waals surface area contributed by atoms with Crippen LogP contribution in [0, 0.1) is 0 Å². The molecule has 0 radical (unpaired) electrons. The third kappa shape index (κ3) is 3.32. The number of aryl methyl sites for hydroxylation is 1. The van der Waals surface area contributed by atoms with Crippen molar-refractivity contribution in [2.45, 2.75) is 26.2 Å². The summed E-state index contributed by atoms with van der Waals surface area (Å²) < 4.78 is 1.10. The Labute approximate surface area is 142 Å². The summed E-state index contributed by atoms with van der Waals surface area (Å²) >= 11 is 8.80. The predicted octanol–water partition coefficient (Wildman–Crippen LogP) is 5.61. The summed E-state index contributed by atoms with van der Waals surface area (Å²) in [6.07, 6.45) is 3.45. The second kappa shape index (κ2) is 6.77. The topological polar surface area (TPSA) is 42.0 Å². The summed E-state index contributed by atoms with van der Waals surface area (Å²) in [5.74, 6) is -0.203. The van der Waals surface area contributed by atoms with E-state index in [1.807, 2.05) is 6.07 Å². The number of carbonyl (C=O) groups is 1. The number of hydrogen-bond donors (Lipinski definition) is 1. The van der Waals surface area contributed by atoms with Crippen LogP contribution in [-0.2, 0) is 6.42 Å². The molecular formula is C16H15ClN2OS2. The number of nitrogens with one attached hydrogen (secondary N) is 1. The Balaban J connectivity index is 1.80. The number of anilines is 1.